The third-order valence-corrected chi connectivity index (χ3v) is 26.9. The third-order valence-electron chi connectivity index (χ3n) is 24.0. The molecule has 103 heavy (non-hydrogen) atoms. The largest absolute Gasteiger partial charge is 0.476 e. The van der Waals surface area contributed by atoms with Crippen LogP contribution in [0.1, 0.15) is 152 Å². The van der Waals surface area contributed by atoms with Gasteiger partial charge in [0.15, 0.2) is 5.60 Å². The van der Waals surface area contributed by atoms with Gasteiger partial charge in [0.25, 0.3) is 5.69 Å². The smallest absolute Gasteiger partial charge is 0.285 e. The maximum Gasteiger partial charge on any atom is 0.285 e. The molecule has 0 bridgehead atoms. The molecule has 4 atom stereocenters. The molecule has 0 radical (unpaired) electrons. The summed E-state index contributed by atoms with van der Waals surface area (Å²) in [4.78, 5) is 16.0. The highest BCUT2D eigenvalue weighted by molar-refractivity contribution is 9.10. The molecule has 0 amide bonds. The van der Waals surface area contributed by atoms with Crippen molar-refractivity contribution in [2.45, 2.75) is 136 Å². The predicted molar refractivity (Wildman–Crippen MR) is 426 cm³/mol. The van der Waals surface area contributed by atoms with Crippen LogP contribution >= 0.6 is 50.2 Å². The molecule has 4 fully saturated rings. The Labute approximate surface area is 627 Å². The van der Waals surface area contributed by atoms with Gasteiger partial charge in [0.1, 0.15) is 11.6 Å². The quantitative estimate of drug-likeness (QED) is 0.0368. The molecule has 0 saturated heterocycles. The van der Waals surface area contributed by atoms with Gasteiger partial charge in [-0.15, -0.1) is 11.3 Å². The molecular weight excluding hydrogens is 1400 g/mol. The zero-order chi connectivity index (χ0) is 71.2. The Bertz CT molecular complexity index is 4800. The van der Waals surface area contributed by atoms with Crippen LogP contribution in [0.25, 0.3) is 66.8 Å². The number of halogens is 3. The van der Waals surface area contributed by atoms with Crippen molar-refractivity contribution >= 4 is 67.3 Å². The van der Waals surface area contributed by atoms with Gasteiger partial charge in [0, 0.05) is 65.3 Å². The SMILES string of the molecule is CC(C)=CC(C(C)C)C(C1CC1)(C(c1ccsc1)c1sccc1-c1cccc(-c2cccc(-c3cccc(-c4ccc(-c5cccc(-c6ccoc6)c5F)c(Cl)c4OC(C)(c4ccccc4)c4ccccc4)c3Br)c2N(O)c2ccccc2)c1[N+](=O)[O-])C(C1CCCCC1)(C1CCCC1)C1CCC1. The molecular formula is C91H89BrClFN2O5S2. The highest BCUT2D eigenvalue weighted by atomic mass is 79.9. The Balaban J connectivity index is 0.935. The van der Waals surface area contributed by atoms with Gasteiger partial charge in [-0.2, -0.15) is 11.3 Å². The van der Waals surface area contributed by atoms with Crippen LogP contribution in [0.15, 0.2) is 243 Å². The fourth-order valence-electron chi connectivity index (χ4n) is 19.7. The standard InChI is InChI=1S/C91H89BrClFN2O5S2/c1-58(2)55-80(59(3)4)91(67-45-46-67,90(66-33-20-34-66,65-31-18-19-32-65)64-29-14-8-15-30-64)81(61-50-53-102-57-61)88-79(51-54-103-88)77-44-24-43-76(86(77)96(98)99)75-42-23-41-74(85(75)95(97)68-35-16-9-17-36-68)70-38-22-39-71(82(70)92)78-48-47-72(73-40-21-37-69(84(73)94)60-49-52-100-56-60)83(93)87(78)101-89(5,62-25-10-6-11-26-62)63-27-12-7-13-28-63/h6-7,9-13,16-17,21-28,35-44,47-57,59,64-67,80-81,97H,8,14-15,18-20,29-34,45-46H2,1-5H3. The average molecular weight is 1490 g/mol. The summed E-state index contributed by atoms with van der Waals surface area (Å²) in [5.41, 5.74) is 10.5. The van der Waals surface area contributed by atoms with Crippen molar-refractivity contribution in [2.75, 3.05) is 5.06 Å². The van der Waals surface area contributed by atoms with Crippen molar-refractivity contribution in [3.63, 3.8) is 0 Å². The summed E-state index contributed by atoms with van der Waals surface area (Å²) in [5, 5.41) is 36.5. The van der Waals surface area contributed by atoms with Gasteiger partial charge >= 0.3 is 0 Å². The Morgan fingerprint density at radius 1 is 0.621 bits per heavy atom. The van der Waals surface area contributed by atoms with Crippen LogP contribution < -0.4 is 9.80 Å². The highest BCUT2D eigenvalue weighted by Gasteiger charge is 2.72. The van der Waals surface area contributed by atoms with Crippen molar-refractivity contribution in [2.24, 2.45) is 46.3 Å². The predicted octanol–water partition coefficient (Wildman–Crippen LogP) is 28.1. The minimum Gasteiger partial charge on any atom is -0.476 e. The zero-order valence-corrected chi connectivity index (χ0v) is 63.3. The van der Waals surface area contributed by atoms with Gasteiger partial charge in [-0.05, 0) is 221 Å². The van der Waals surface area contributed by atoms with Gasteiger partial charge in [0.05, 0.1) is 45.0 Å². The first-order valence-corrected chi connectivity index (χ1v) is 40.1. The van der Waals surface area contributed by atoms with Crippen molar-refractivity contribution < 1.29 is 23.7 Å². The van der Waals surface area contributed by atoms with Crippen molar-refractivity contribution in [3.05, 3.63) is 281 Å². The Morgan fingerprint density at radius 3 is 1.70 bits per heavy atom. The molecule has 12 heteroatoms. The molecule has 3 aromatic heterocycles. The van der Waals surface area contributed by atoms with Gasteiger partial charge in [-0.25, -0.2) is 9.45 Å². The van der Waals surface area contributed by atoms with Crippen LogP contribution in [0, 0.1) is 62.3 Å². The van der Waals surface area contributed by atoms with Gasteiger partial charge in [-0.3, -0.25) is 15.3 Å². The summed E-state index contributed by atoms with van der Waals surface area (Å²) in [6, 6.07) is 62.2. The number of hydrogen-bond donors (Lipinski definition) is 1. The van der Waals surface area contributed by atoms with Crippen molar-refractivity contribution in [3.8, 4) is 72.5 Å². The zero-order valence-electron chi connectivity index (χ0n) is 59.3. The summed E-state index contributed by atoms with van der Waals surface area (Å²) < 4.78 is 30.8. The number of para-hydroxylation sites is 3. The molecule has 4 saturated carbocycles. The molecule has 0 spiro atoms. The van der Waals surface area contributed by atoms with E-state index >= 15 is 4.39 Å². The molecule has 4 aliphatic carbocycles. The van der Waals surface area contributed by atoms with E-state index in [1.54, 1.807) is 29.5 Å². The summed E-state index contributed by atoms with van der Waals surface area (Å²) in [5.74, 6) is 2.69. The number of anilines is 2. The highest BCUT2D eigenvalue weighted by Crippen LogP contribution is 2.79. The molecule has 15 rings (SSSR count). The van der Waals surface area contributed by atoms with Crippen LogP contribution in [0.3, 0.4) is 0 Å². The van der Waals surface area contributed by atoms with E-state index in [4.69, 9.17) is 20.8 Å². The number of nitrogens with zero attached hydrogens (tertiary/aromatic N) is 2. The normalized spacial score (nSPS) is 17.1. The maximum atomic E-state index is 17.2. The number of nitro groups is 1. The number of rotatable bonds is 24. The number of hydrogen-bond acceptors (Lipinski definition) is 8. The van der Waals surface area contributed by atoms with Gasteiger partial charge in [0.2, 0.25) is 0 Å². The van der Waals surface area contributed by atoms with E-state index in [1.165, 1.54) is 123 Å². The fourth-order valence-corrected chi connectivity index (χ4v) is 22.5. The van der Waals surface area contributed by atoms with E-state index in [0.29, 0.717) is 107 Å². The average Bonchev–Trinajstić information content (AvgIpc) is 1.60. The van der Waals surface area contributed by atoms with Gasteiger partial charge in [-0.1, -0.05) is 221 Å². The van der Waals surface area contributed by atoms with E-state index in [2.05, 4.69) is 78.0 Å². The maximum absolute atomic E-state index is 17.2. The lowest BCUT2D eigenvalue weighted by Crippen LogP contribution is -2.64. The van der Waals surface area contributed by atoms with E-state index in [9.17, 15) is 15.3 Å². The summed E-state index contributed by atoms with van der Waals surface area (Å²) in [7, 11) is 0. The molecule has 11 aromatic rings. The first-order chi connectivity index (χ1) is 50.2. The molecule has 4 aliphatic rings. The Morgan fingerprint density at radius 2 is 1.16 bits per heavy atom. The lowest BCUT2D eigenvalue weighted by molar-refractivity contribution is -0.383. The fraction of sp³-hybridized carbons (Fsp3) is 0.319. The second-order valence-corrected chi connectivity index (χ2v) is 33.0. The number of furan rings is 1. The topological polar surface area (TPSA) is 89.0 Å². The lowest BCUT2D eigenvalue weighted by atomic mass is 9.34. The summed E-state index contributed by atoms with van der Waals surface area (Å²) in [6.07, 6.45) is 23.6. The minimum atomic E-state index is -1.14. The first-order valence-electron chi connectivity index (χ1n) is 37.1. The molecule has 8 aromatic carbocycles. The van der Waals surface area contributed by atoms with Crippen LogP contribution in [0.4, 0.5) is 21.5 Å². The second-order valence-electron chi connectivity index (χ2n) is 30.1. The Hall–Kier alpha value is -8.16. The molecule has 1 N–H and O–H groups in total. The van der Waals surface area contributed by atoms with Crippen LogP contribution in [-0.2, 0) is 5.60 Å². The minimum absolute atomic E-state index is 0.0166. The molecule has 526 valence electrons. The number of ether oxygens (including phenoxy) is 1. The third kappa shape index (κ3) is 12.6. The van der Waals surface area contributed by atoms with Crippen molar-refractivity contribution in [1.82, 2.24) is 0 Å². The van der Waals surface area contributed by atoms with E-state index in [0.717, 1.165) is 16.7 Å². The first kappa shape index (κ1) is 70.5. The lowest BCUT2D eigenvalue weighted by Gasteiger charge is -2.69. The van der Waals surface area contributed by atoms with E-state index in [1.807, 2.05) is 182 Å². The van der Waals surface area contributed by atoms with E-state index < -0.39 is 11.4 Å². The number of thiophene rings is 2. The Kier molecular flexibility index (Phi) is 20.4. The number of benzene rings is 8. The molecule has 0 aliphatic heterocycles. The van der Waals surface area contributed by atoms with Crippen LogP contribution in [0.2, 0.25) is 5.02 Å². The van der Waals surface area contributed by atoms with Crippen molar-refractivity contribution in [1.29, 1.82) is 0 Å². The van der Waals surface area contributed by atoms with Crippen LogP contribution in [-0.4, -0.2) is 10.1 Å². The monoisotopic (exact) mass is 1490 g/mol. The van der Waals surface area contributed by atoms with E-state index in [-0.39, 0.29) is 43.9 Å². The summed E-state index contributed by atoms with van der Waals surface area (Å²) >= 11 is 15.7. The van der Waals surface area contributed by atoms with Crippen LogP contribution in [0.5, 0.6) is 5.75 Å². The summed E-state index contributed by atoms with van der Waals surface area (Å²) in [6.45, 7) is 11.7. The number of nitro benzene ring substituents is 1. The molecule has 3 heterocycles. The molecule has 4 unspecified atom stereocenters. The van der Waals surface area contributed by atoms with Gasteiger partial charge < -0.3 is 9.15 Å². The second kappa shape index (κ2) is 29.8. The number of allylic oxidation sites excluding steroid dienone is 2. The molecule has 7 nitrogen and oxygen atoms in total.